The van der Waals surface area contributed by atoms with Gasteiger partial charge in [0.2, 0.25) is 0 Å². The molecule has 0 aromatic heterocycles. The van der Waals surface area contributed by atoms with Crippen LogP contribution in [0.5, 0.6) is 5.75 Å². The Morgan fingerprint density at radius 2 is 2.17 bits per heavy atom. The van der Waals surface area contributed by atoms with Gasteiger partial charge in [0.15, 0.2) is 0 Å². The highest BCUT2D eigenvalue weighted by Crippen LogP contribution is 2.32. The third-order valence-corrected chi connectivity index (χ3v) is 4.60. The van der Waals surface area contributed by atoms with E-state index in [9.17, 15) is 9.90 Å². The van der Waals surface area contributed by atoms with Gasteiger partial charge in [0.05, 0.1) is 19.3 Å². The lowest BCUT2D eigenvalue weighted by Crippen LogP contribution is -2.52. The summed E-state index contributed by atoms with van der Waals surface area (Å²) in [6.45, 7) is 4.11. The lowest BCUT2D eigenvalue weighted by atomic mass is 9.80. The zero-order chi connectivity index (χ0) is 17.0. The second-order valence-electron chi connectivity index (χ2n) is 6.88. The summed E-state index contributed by atoms with van der Waals surface area (Å²) in [5.41, 5.74) is 1.31. The van der Waals surface area contributed by atoms with E-state index < -0.39 is 0 Å². The molecule has 0 aliphatic carbocycles. The maximum atomic E-state index is 13.0. The monoisotopic (exact) mass is 320 g/mol. The van der Waals surface area contributed by atoms with Crippen molar-refractivity contribution in [1.29, 1.82) is 0 Å². The van der Waals surface area contributed by atoms with Crippen LogP contribution in [0.15, 0.2) is 18.2 Å². The van der Waals surface area contributed by atoms with Crippen LogP contribution >= 0.6 is 0 Å². The topological polar surface area (TPSA) is 53.0 Å². The fourth-order valence-electron chi connectivity index (χ4n) is 3.60. The molecule has 1 atom stereocenters. The summed E-state index contributed by atoms with van der Waals surface area (Å²) in [5.74, 6) is 0.610. The Morgan fingerprint density at radius 3 is 2.78 bits per heavy atom. The van der Waals surface area contributed by atoms with E-state index in [1.165, 1.54) is 0 Å². The number of benzene rings is 1. The first-order chi connectivity index (χ1) is 10.9. The first-order valence-electron chi connectivity index (χ1n) is 8.11. The summed E-state index contributed by atoms with van der Waals surface area (Å²) < 4.78 is 5.38. The molecule has 5 heteroatoms. The number of amides is 1. The Hall–Kier alpha value is -1.59. The van der Waals surface area contributed by atoms with Gasteiger partial charge in [-0.15, -0.1) is 0 Å². The molecule has 1 aromatic carbocycles. The van der Waals surface area contributed by atoms with Gasteiger partial charge in [-0.3, -0.25) is 4.79 Å². The van der Waals surface area contributed by atoms with Crippen molar-refractivity contribution in [1.82, 2.24) is 9.80 Å². The first kappa shape index (κ1) is 17.8. The maximum absolute atomic E-state index is 13.0. The molecular formula is C18H28N2O3. The molecule has 1 aliphatic rings. The first-order valence-corrected chi connectivity index (χ1v) is 8.11. The van der Waals surface area contributed by atoms with Gasteiger partial charge in [-0.25, -0.2) is 0 Å². The quantitative estimate of drug-likeness (QED) is 0.898. The molecule has 1 heterocycles. The largest absolute Gasteiger partial charge is 0.496 e. The molecule has 0 spiro atoms. The molecule has 1 fully saturated rings. The van der Waals surface area contributed by atoms with Crippen molar-refractivity contribution >= 4 is 5.91 Å². The highest BCUT2D eigenvalue weighted by molar-refractivity contribution is 5.98. The number of piperidine rings is 1. The minimum Gasteiger partial charge on any atom is -0.496 e. The van der Waals surface area contributed by atoms with E-state index in [1.54, 1.807) is 7.11 Å². The molecule has 1 amide bonds. The number of rotatable bonds is 5. The summed E-state index contributed by atoms with van der Waals surface area (Å²) in [6.07, 6.45) is 1.85. The molecule has 2 rings (SSSR count). The van der Waals surface area contributed by atoms with Crippen LogP contribution in [-0.4, -0.2) is 68.3 Å². The molecule has 5 nitrogen and oxygen atoms in total. The van der Waals surface area contributed by atoms with Crippen molar-refractivity contribution in [3.8, 4) is 5.75 Å². The van der Waals surface area contributed by atoms with E-state index in [0.29, 0.717) is 17.9 Å². The number of aliphatic hydroxyl groups excluding tert-OH is 1. The number of nitrogens with zero attached hydrogens (tertiary/aromatic N) is 2. The van der Waals surface area contributed by atoms with Crippen LogP contribution in [0.4, 0.5) is 0 Å². The summed E-state index contributed by atoms with van der Waals surface area (Å²) in [6, 6.07) is 5.65. The maximum Gasteiger partial charge on any atom is 0.257 e. The number of hydrogen-bond acceptors (Lipinski definition) is 4. The highest BCUT2D eigenvalue weighted by Gasteiger charge is 2.38. The average Bonchev–Trinajstić information content (AvgIpc) is 2.53. The minimum atomic E-state index is -0.243. The number of carbonyl (C=O) groups is 1. The Morgan fingerprint density at radius 1 is 1.43 bits per heavy atom. The van der Waals surface area contributed by atoms with Crippen molar-refractivity contribution in [3.63, 3.8) is 0 Å². The van der Waals surface area contributed by atoms with Crippen LogP contribution in [0.1, 0.15) is 28.8 Å². The zero-order valence-electron chi connectivity index (χ0n) is 14.6. The van der Waals surface area contributed by atoms with Crippen molar-refractivity contribution in [2.75, 3.05) is 47.4 Å². The molecule has 0 unspecified atom stereocenters. The number of ether oxygens (including phenoxy) is 1. The Labute approximate surface area is 138 Å². The molecule has 23 heavy (non-hydrogen) atoms. The van der Waals surface area contributed by atoms with E-state index in [-0.39, 0.29) is 17.9 Å². The standard InChI is InChI=1S/C18H28N2O3/c1-14-7-5-8-15(23-4)16(14)17(22)20-10-6-9-18(12-20,13-21)11-19(2)3/h5,7-8,21H,6,9-13H2,1-4H3/t18-/m0/s1. The van der Waals surface area contributed by atoms with Gasteiger partial charge in [0, 0.05) is 25.0 Å². The van der Waals surface area contributed by atoms with E-state index in [2.05, 4.69) is 4.90 Å². The second kappa shape index (κ2) is 7.32. The summed E-state index contributed by atoms with van der Waals surface area (Å²) >= 11 is 0. The Balaban J connectivity index is 2.26. The zero-order valence-corrected chi connectivity index (χ0v) is 14.6. The van der Waals surface area contributed by atoms with Crippen LogP contribution < -0.4 is 4.74 Å². The Bertz CT molecular complexity index is 559. The van der Waals surface area contributed by atoms with Crippen LogP contribution in [0.3, 0.4) is 0 Å². The predicted molar refractivity (Wildman–Crippen MR) is 90.9 cm³/mol. The number of aryl methyl sites for hydroxylation is 1. The third kappa shape index (κ3) is 3.85. The fraction of sp³-hybridized carbons (Fsp3) is 0.611. The smallest absolute Gasteiger partial charge is 0.257 e. The SMILES string of the molecule is COc1cccc(C)c1C(=O)N1CCC[C@](CO)(CN(C)C)C1. The highest BCUT2D eigenvalue weighted by atomic mass is 16.5. The number of aliphatic hydroxyl groups is 1. The molecule has 0 radical (unpaired) electrons. The van der Waals surface area contributed by atoms with Crippen molar-refractivity contribution in [2.24, 2.45) is 5.41 Å². The normalized spacial score (nSPS) is 21.6. The second-order valence-corrected chi connectivity index (χ2v) is 6.88. The van der Waals surface area contributed by atoms with Gasteiger partial charge >= 0.3 is 0 Å². The van der Waals surface area contributed by atoms with Crippen LogP contribution in [0, 0.1) is 12.3 Å². The lowest BCUT2D eigenvalue weighted by molar-refractivity contribution is 0.0137. The number of hydrogen-bond donors (Lipinski definition) is 1. The predicted octanol–water partition coefficient (Wildman–Crippen LogP) is 1.78. The molecule has 0 bridgehead atoms. The summed E-state index contributed by atoms with van der Waals surface area (Å²) in [4.78, 5) is 17.0. The van der Waals surface area contributed by atoms with E-state index in [1.807, 2.05) is 44.1 Å². The molecule has 0 saturated carbocycles. The van der Waals surface area contributed by atoms with E-state index in [0.717, 1.165) is 31.5 Å². The van der Waals surface area contributed by atoms with Gasteiger partial charge in [0.25, 0.3) is 5.91 Å². The Kier molecular flexibility index (Phi) is 5.65. The van der Waals surface area contributed by atoms with Crippen molar-refractivity contribution in [2.45, 2.75) is 19.8 Å². The number of likely N-dealkylation sites (tertiary alicyclic amines) is 1. The van der Waals surface area contributed by atoms with E-state index >= 15 is 0 Å². The average molecular weight is 320 g/mol. The van der Waals surface area contributed by atoms with E-state index in [4.69, 9.17) is 4.74 Å². The van der Waals surface area contributed by atoms with Gasteiger partial charge in [-0.1, -0.05) is 12.1 Å². The van der Waals surface area contributed by atoms with Crippen molar-refractivity contribution in [3.05, 3.63) is 29.3 Å². The van der Waals surface area contributed by atoms with Crippen LogP contribution in [0.2, 0.25) is 0 Å². The van der Waals surface area contributed by atoms with Crippen molar-refractivity contribution < 1.29 is 14.6 Å². The van der Waals surface area contributed by atoms with Gasteiger partial charge in [0.1, 0.15) is 5.75 Å². The molecule has 1 saturated heterocycles. The lowest BCUT2D eigenvalue weighted by Gasteiger charge is -2.43. The van der Waals surface area contributed by atoms with Gasteiger partial charge in [-0.2, -0.15) is 0 Å². The third-order valence-electron chi connectivity index (χ3n) is 4.60. The minimum absolute atomic E-state index is 0.00349. The number of methoxy groups -OCH3 is 1. The molecule has 1 aromatic rings. The summed E-state index contributed by atoms with van der Waals surface area (Å²) in [5, 5.41) is 9.93. The number of carbonyl (C=O) groups excluding carboxylic acids is 1. The van der Waals surface area contributed by atoms with Gasteiger partial charge in [-0.05, 0) is 45.5 Å². The van der Waals surface area contributed by atoms with Gasteiger partial charge < -0.3 is 19.6 Å². The molecule has 1 aliphatic heterocycles. The molecular weight excluding hydrogens is 292 g/mol. The van der Waals surface area contributed by atoms with Crippen LogP contribution in [0.25, 0.3) is 0 Å². The summed E-state index contributed by atoms with van der Waals surface area (Å²) in [7, 11) is 5.59. The van der Waals surface area contributed by atoms with Crippen LogP contribution in [-0.2, 0) is 0 Å². The molecule has 1 N–H and O–H groups in total. The molecule has 128 valence electrons. The fourth-order valence-corrected chi connectivity index (χ4v) is 3.60.